The third-order valence-corrected chi connectivity index (χ3v) is 4.68. The molecule has 0 saturated carbocycles. The zero-order valence-electron chi connectivity index (χ0n) is 12.4. The van der Waals surface area contributed by atoms with Crippen LogP contribution in [0.1, 0.15) is 37.0 Å². The van der Waals surface area contributed by atoms with Crippen LogP contribution in [0.15, 0.2) is 48.5 Å². The molecular formula is C20H20O. The number of ether oxygens (including phenoxy) is 1. The molecule has 0 amide bonds. The third-order valence-electron chi connectivity index (χ3n) is 4.68. The molecule has 1 aliphatic carbocycles. The van der Waals surface area contributed by atoms with Crippen molar-refractivity contribution in [1.82, 2.24) is 0 Å². The van der Waals surface area contributed by atoms with Crippen LogP contribution in [0.5, 0.6) is 0 Å². The molecule has 3 aromatic carbocycles. The summed E-state index contributed by atoms with van der Waals surface area (Å²) in [5.74, 6) is 0. The van der Waals surface area contributed by atoms with Gasteiger partial charge in [-0.3, -0.25) is 0 Å². The summed E-state index contributed by atoms with van der Waals surface area (Å²) in [4.78, 5) is 0. The molecule has 0 saturated heterocycles. The van der Waals surface area contributed by atoms with Gasteiger partial charge in [-0.2, -0.15) is 0 Å². The SMILES string of the molecule is CCOC1CCCc2c1ccc1c2ccc2ccccc21. The van der Waals surface area contributed by atoms with Gasteiger partial charge in [0, 0.05) is 6.61 Å². The summed E-state index contributed by atoms with van der Waals surface area (Å²) < 4.78 is 5.95. The smallest absolute Gasteiger partial charge is 0.0827 e. The molecule has 1 atom stereocenters. The van der Waals surface area contributed by atoms with E-state index in [0.29, 0.717) is 0 Å². The normalized spacial score (nSPS) is 18.0. The van der Waals surface area contributed by atoms with E-state index in [-0.39, 0.29) is 6.10 Å². The van der Waals surface area contributed by atoms with Gasteiger partial charge in [0.25, 0.3) is 0 Å². The molecule has 0 fully saturated rings. The lowest BCUT2D eigenvalue weighted by molar-refractivity contribution is 0.0502. The minimum absolute atomic E-state index is 0.287. The minimum Gasteiger partial charge on any atom is -0.374 e. The largest absolute Gasteiger partial charge is 0.374 e. The number of hydrogen-bond donors (Lipinski definition) is 0. The highest BCUT2D eigenvalue weighted by molar-refractivity contribution is 6.08. The first kappa shape index (κ1) is 12.8. The average molecular weight is 276 g/mol. The number of benzene rings is 3. The van der Waals surface area contributed by atoms with Crippen molar-refractivity contribution >= 4 is 21.5 Å². The molecule has 0 aromatic heterocycles. The van der Waals surface area contributed by atoms with Gasteiger partial charge in [0.05, 0.1) is 6.10 Å². The van der Waals surface area contributed by atoms with E-state index in [0.717, 1.165) is 13.0 Å². The van der Waals surface area contributed by atoms with E-state index in [2.05, 4.69) is 55.5 Å². The lowest BCUT2D eigenvalue weighted by Crippen LogP contribution is -2.13. The van der Waals surface area contributed by atoms with E-state index in [1.807, 2.05) is 0 Å². The van der Waals surface area contributed by atoms with E-state index in [4.69, 9.17) is 4.74 Å². The fraction of sp³-hybridized carbons (Fsp3) is 0.300. The number of aryl methyl sites for hydroxylation is 1. The number of rotatable bonds is 2. The Bertz CT molecular complexity index is 803. The minimum atomic E-state index is 0.287. The highest BCUT2D eigenvalue weighted by Crippen LogP contribution is 2.38. The molecular weight excluding hydrogens is 256 g/mol. The van der Waals surface area contributed by atoms with E-state index >= 15 is 0 Å². The summed E-state index contributed by atoms with van der Waals surface area (Å²) in [6, 6.07) is 17.8. The second-order valence-corrected chi connectivity index (χ2v) is 5.85. The van der Waals surface area contributed by atoms with Gasteiger partial charge in [0.1, 0.15) is 0 Å². The monoisotopic (exact) mass is 276 g/mol. The van der Waals surface area contributed by atoms with Crippen LogP contribution >= 0.6 is 0 Å². The van der Waals surface area contributed by atoms with Crippen molar-refractivity contribution in [3.05, 3.63) is 59.7 Å². The van der Waals surface area contributed by atoms with Gasteiger partial charge in [-0.1, -0.05) is 48.5 Å². The highest BCUT2D eigenvalue weighted by Gasteiger charge is 2.22. The Kier molecular flexibility index (Phi) is 3.16. The summed E-state index contributed by atoms with van der Waals surface area (Å²) in [6.45, 7) is 2.88. The van der Waals surface area contributed by atoms with Crippen LogP contribution in [0, 0.1) is 0 Å². The van der Waals surface area contributed by atoms with Crippen LogP contribution in [0.25, 0.3) is 21.5 Å². The van der Waals surface area contributed by atoms with Crippen LogP contribution in [0.4, 0.5) is 0 Å². The second-order valence-electron chi connectivity index (χ2n) is 5.85. The Hall–Kier alpha value is -1.86. The summed E-state index contributed by atoms with van der Waals surface area (Å²) in [5.41, 5.74) is 2.91. The fourth-order valence-corrected chi connectivity index (χ4v) is 3.74. The first-order valence-corrected chi connectivity index (χ1v) is 7.93. The number of hydrogen-bond acceptors (Lipinski definition) is 1. The molecule has 4 rings (SSSR count). The predicted molar refractivity (Wildman–Crippen MR) is 88.8 cm³/mol. The Morgan fingerprint density at radius 1 is 0.952 bits per heavy atom. The Labute approximate surface area is 125 Å². The van der Waals surface area contributed by atoms with Crippen LogP contribution in [0.3, 0.4) is 0 Å². The van der Waals surface area contributed by atoms with Crippen molar-refractivity contribution in [2.24, 2.45) is 0 Å². The van der Waals surface area contributed by atoms with Gasteiger partial charge in [0.2, 0.25) is 0 Å². The molecule has 3 aromatic rings. The lowest BCUT2D eigenvalue weighted by Gasteiger charge is -2.26. The van der Waals surface area contributed by atoms with Gasteiger partial charge >= 0.3 is 0 Å². The van der Waals surface area contributed by atoms with Gasteiger partial charge in [-0.05, 0) is 58.9 Å². The van der Waals surface area contributed by atoms with Crippen molar-refractivity contribution < 1.29 is 4.74 Å². The summed E-state index contributed by atoms with van der Waals surface area (Å²) in [6.07, 6.45) is 3.84. The zero-order chi connectivity index (χ0) is 14.2. The lowest BCUT2D eigenvalue weighted by atomic mass is 9.85. The standard InChI is InChI=1S/C20H20O/c1-2-21-20-9-5-8-16-18-11-10-14-6-3-4-7-15(14)17(18)12-13-19(16)20/h3-4,6-7,10-13,20H,2,5,8-9H2,1H3. The molecule has 0 aliphatic heterocycles. The van der Waals surface area contributed by atoms with Crippen molar-refractivity contribution in [1.29, 1.82) is 0 Å². The summed E-state index contributed by atoms with van der Waals surface area (Å²) >= 11 is 0. The quantitative estimate of drug-likeness (QED) is 0.569. The van der Waals surface area contributed by atoms with Crippen LogP contribution in [0.2, 0.25) is 0 Å². The maximum atomic E-state index is 5.95. The summed E-state index contributed by atoms with van der Waals surface area (Å²) in [7, 11) is 0. The number of fused-ring (bicyclic) bond motifs is 5. The summed E-state index contributed by atoms with van der Waals surface area (Å²) in [5, 5.41) is 5.47. The molecule has 0 radical (unpaired) electrons. The molecule has 21 heavy (non-hydrogen) atoms. The van der Waals surface area contributed by atoms with Crippen LogP contribution in [-0.2, 0) is 11.2 Å². The fourth-order valence-electron chi connectivity index (χ4n) is 3.74. The Morgan fingerprint density at radius 3 is 2.71 bits per heavy atom. The molecule has 1 heteroatoms. The van der Waals surface area contributed by atoms with E-state index in [9.17, 15) is 0 Å². The molecule has 0 spiro atoms. The van der Waals surface area contributed by atoms with Crippen molar-refractivity contribution in [3.63, 3.8) is 0 Å². The Morgan fingerprint density at radius 2 is 1.81 bits per heavy atom. The molecule has 0 heterocycles. The first-order valence-electron chi connectivity index (χ1n) is 7.93. The van der Waals surface area contributed by atoms with Crippen molar-refractivity contribution in [3.8, 4) is 0 Å². The second kappa shape index (κ2) is 5.16. The molecule has 1 aliphatic rings. The molecule has 106 valence electrons. The average Bonchev–Trinajstić information content (AvgIpc) is 2.55. The maximum Gasteiger partial charge on any atom is 0.0827 e. The zero-order valence-corrected chi connectivity index (χ0v) is 12.4. The van der Waals surface area contributed by atoms with Gasteiger partial charge in [-0.15, -0.1) is 0 Å². The van der Waals surface area contributed by atoms with E-state index < -0.39 is 0 Å². The van der Waals surface area contributed by atoms with Crippen LogP contribution in [-0.4, -0.2) is 6.61 Å². The molecule has 1 unspecified atom stereocenters. The third kappa shape index (κ3) is 2.04. The first-order chi connectivity index (χ1) is 10.4. The van der Waals surface area contributed by atoms with Gasteiger partial charge < -0.3 is 4.74 Å². The van der Waals surface area contributed by atoms with E-state index in [1.165, 1.54) is 45.5 Å². The molecule has 1 nitrogen and oxygen atoms in total. The highest BCUT2D eigenvalue weighted by atomic mass is 16.5. The Balaban J connectivity index is 1.99. The van der Waals surface area contributed by atoms with Gasteiger partial charge in [0.15, 0.2) is 0 Å². The van der Waals surface area contributed by atoms with Crippen molar-refractivity contribution in [2.45, 2.75) is 32.3 Å². The maximum absolute atomic E-state index is 5.95. The van der Waals surface area contributed by atoms with Crippen LogP contribution < -0.4 is 0 Å². The van der Waals surface area contributed by atoms with Crippen molar-refractivity contribution in [2.75, 3.05) is 6.61 Å². The molecule has 0 N–H and O–H groups in total. The topological polar surface area (TPSA) is 9.23 Å². The predicted octanol–water partition coefficient (Wildman–Crippen LogP) is 5.41. The molecule has 0 bridgehead atoms. The van der Waals surface area contributed by atoms with Gasteiger partial charge in [-0.25, -0.2) is 0 Å². The van der Waals surface area contributed by atoms with E-state index in [1.54, 1.807) is 0 Å².